The van der Waals surface area contributed by atoms with Crippen LogP contribution < -0.4 is 5.32 Å². The first-order valence-electron chi connectivity index (χ1n) is 11.1. The molecule has 0 radical (unpaired) electrons. The van der Waals surface area contributed by atoms with E-state index in [1.54, 1.807) is 24.3 Å². The number of fused-ring (bicyclic) bond motifs is 1. The number of amides is 1. The van der Waals surface area contributed by atoms with Crippen LogP contribution in [0.25, 0.3) is 10.8 Å². The summed E-state index contributed by atoms with van der Waals surface area (Å²) >= 11 is 18.0. The SMILES string of the molecule is C=CCO/N=C/CNC(=O)c1ccc(C2=NOC(c3cc(Cl)c(Cl)c(Cl)c3)(C(F)(F)F)C2)c2ccccc12. The van der Waals surface area contributed by atoms with Crippen LogP contribution in [-0.2, 0) is 15.3 Å². The number of nitrogens with zero attached hydrogens (tertiary/aromatic N) is 2. The number of carbonyl (C=O) groups excluding carboxylic acids is 1. The molecule has 6 nitrogen and oxygen atoms in total. The fraction of sp³-hybridized carbons (Fsp3) is 0.192. The summed E-state index contributed by atoms with van der Waals surface area (Å²) in [6.45, 7) is 3.84. The highest BCUT2D eigenvalue weighted by atomic mass is 35.5. The fourth-order valence-corrected chi connectivity index (χ4v) is 4.60. The molecule has 1 atom stereocenters. The number of nitrogens with one attached hydrogen (secondary N) is 1. The maximum Gasteiger partial charge on any atom is 0.435 e. The maximum absolute atomic E-state index is 14.5. The van der Waals surface area contributed by atoms with Gasteiger partial charge in [-0.2, -0.15) is 13.2 Å². The number of halogens is 6. The number of benzene rings is 3. The Morgan fingerprint density at radius 1 is 1.16 bits per heavy atom. The second-order valence-corrected chi connectivity index (χ2v) is 9.37. The summed E-state index contributed by atoms with van der Waals surface area (Å²) in [6, 6.07) is 12.0. The van der Waals surface area contributed by atoms with E-state index in [0.29, 0.717) is 21.9 Å². The molecule has 12 heteroatoms. The van der Waals surface area contributed by atoms with Crippen molar-refractivity contribution in [2.24, 2.45) is 10.3 Å². The molecule has 0 aliphatic carbocycles. The van der Waals surface area contributed by atoms with Crippen molar-refractivity contribution in [2.45, 2.75) is 18.2 Å². The predicted molar refractivity (Wildman–Crippen MR) is 142 cm³/mol. The first-order chi connectivity index (χ1) is 18.1. The van der Waals surface area contributed by atoms with Gasteiger partial charge in [-0.05, 0) is 29.0 Å². The van der Waals surface area contributed by atoms with Crippen LogP contribution in [0.1, 0.15) is 27.9 Å². The molecular formula is C26H19Cl3F3N3O3. The van der Waals surface area contributed by atoms with E-state index >= 15 is 0 Å². The molecule has 0 bridgehead atoms. The number of rotatable bonds is 8. The molecule has 3 aromatic carbocycles. The molecule has 1 amide bonds. The van der Waals surface area contributed by atoms with Gasteiger partial charge in [0.2, 0.25) is 0 Å². The molecule has 1 N–H and O–H groups in total. The summed E-state index contributed by atoms with van der Waals surface area (Å²) in [7, 11) is 0. The molecular weight excluding hydrogens is 566 g/mol. The van der Waals surface area contributed by atoms with Crippen molar-refractivity contribution in [1.82, 2.24) is 5.32 Å². The number of hydrogen-bond acceptors (Lipinski definition) is 5. The molecule has 38 heavy (non-hydrogen) atoms. The Hall–Kier alpha value is -3.27. The van der Waals surface area contributed by atoms with Gasteiger partial charge >= 0.3 is 6.18 Å². The van der Waals surface area contributed by atoms with Gasteiger partial charge in [-0.3, -0.25) is 4.79 Å². The molecule has 4 rings (SSSR count). The Morgan fingerprint density at radius 2 is 1.84 bits per heavy atom. The summed E-state index contributed by atoms with van der Waals surface area (Å²) in [5.74, 6) is -0.400. The zero-order chi connectivity index (χ0) is 27.5. The van der Waals surface area contributed by atoms with Gasteiger partial charge in [-0.1, -0.05) is 88.1 Å². The summed E-state index contributed by atoms with van der Waals surface area (Å²) < 4.78 is 43.4. The van der Waals surface area contributed by atoms with Crippen molar-refractivity contribution in [1.29, 1.82) is 0 Å². The molecule has 0 spiro atoms. The fourth-order valence-electron chi connectivity index (χ4n) is 4.00. The zero-order valence-corrected chi connectivity index (χ0v) is 21.8. The van der Waals surface area contributed by atoms with Gasteiger partial charge in [-0.15, -0.1) is 0 Å². The van der Waals surface area contributed by atoms with Crippen molar-refractivity contribution < 1.29 is 27.6 Å². The topological polar surface area (TPSA) is 72.3 Å². The molecule has 3 aromatic rings. The molecule has 0 fully saturated rings. The largest absolute Gasteiger partial charge is 0.435 e. The lowest BCUT2D eigenvalue weighted by atomic mass is 9.85. The van der Waals surface area contributed by atoms with E-state index in [9.17, 15) is 18.0 Å². The van der Waals surface area contributed by atoms with E-state index in [1.807, 2.05) is 0 Å². The van der Waals surface area contributed by atoms with Gasteiger partial charge in [0, 0.05) is 23.1 Å². The summed E-state index contributed by atoms with van der Waals surface area (Å²) in [5.41, 5.74) is -2.41. The van der Waals surface area contributed by atoms with Crippen molar-refractivity contribution >= 4 is 63.4 Å². The van der Waals surface area contributed by atoms with Crippen LogP contribution in [0.15, 0.2) is 71.5 Å². The van der Waals surface area contributed by atoms with E-state index in [1.165, 1.54) is 24.4 Å². The van der Waals surface area contributed by atoms with Gasteiger partial charge in [0.15, 0.2) is 0 Å². The van der Waals surface area contributed by atoms with Crippen LogP contribution in [0.3, 0.4) is 0 Å². The van der Waals surface area contributed by atoms with Gasteiger partial charge < -0.3 is 15.0 Å². The third-order valence-electron chi connectivity index (χ3n) is 5.81. The van der Waals surface area contributed by atoms with Crippen molar-refractivity contribution in [2.75, 3.05) is 13.2 Å². The lowest BCUT2D eigenvalue weighted by molar-refractivity contribution is -0.275. The molecule has 0 saturated carbocycles. The second-order valence-electron chi connectivity index (χ2n) is 8.17. The normalized spacial score (nSPS) is 17.4. The molecule has 1 heterocycles. The minimum Gasteiger partial charge on any atom is -0.392 e. The van der Waals surface area contributed by atoms with E-state index in [-0.39, 0.29) is 39.5 Å². The van der Waals surface area contributed by atoms with Crippen molar-refractivity contribution in [3.63, 3.8) is 0 Å². The van der Waals surface area contributed by atoms with E-state index in [0.717, 1.165) is 12.1 Å². The average molecular weight is 585 g/mol. The second kappa shape index (κ2) is 11.2. The Labute approximate surface area is 230 Å². The first-order valence-corrected chi connectivity index (χ1v) is 12.2. The standard InChI is InChI=1S/C26H19Cl3F3N3O3/c1-2-11-37-34-10-9-33-24(36)19-8-7-18(16-5-3-4-6-17(16)19)22-14-25(38-35-22,26(30,31)32)15-12-20(27)23(29)21(28)13-15/h2-8,10,12-13H,1,9,11,14H2,(H,33,36)/b34-10+. The minimum absolute atomic E-state index is 0.0409. The highest BCUT2D eigenvalue weighted by Gasteiger charge is 2.62. The van der Waals surface area contributed by atoms with Crippen LogP contribution in [0.2, 0.25) is 15.1 Å². The highest BCUT2D eigenvalue weighted by molar-refractivity contribution is 6.48. The number of oxime groups is 2. The summed E-state index contributed by atoms with van der Waals surface area (Å²) in [6.07, 6.45) is -2.61. The van der Waals surface area contributed by atoms with Gasteiger partial charge in [-0.25, -0.2) is 0 Å². The Bertz CT molecular complexity index is 1440. The van der Waals surface area contributed by atoms with E-state index in [4.69, 9.17) is 44.5 Å². The molecule has 0 aromatic heterocycles. The van der Waals surface area contributed by atoms with Crippen molar-refractivity contribution in [3.8, 4) is 0 Å². The van der Waals surface area contributed by atoms with Gasteiger partial charge in [0.25, 0.3) is 11.5 Å². The predicted octanol–water partition coefficient (Wildman–Crippen LogP) is 7.30. The third-order valence-corrected chi connectivity index (χ3v) is 7.01. The molecule has 0 saturated heterocycles. The number of alkyl halides is 3. The third kappa shape index (κ3) is 5.32. The first kappa shape index (κ1) is 27.8. The Morgan fingerprint density at radius 3 is 2.50 bits per heavy atom. The average Bonchev–Trinajstić information content (AvgIpc) is 3.35. The lowest BCUT2D eigenvalue weighted by Crippen LogP contribution is -2.42. The molecule has 198 valence electrons. The molecule has 1 aliphatic heterocycles. The highest BCUT2D eigenvalue weighted by Crippen LogP contribution is 2.51. The number of carbonyl (C=O) groups is 1. The molecule has 1 unspecified atom stereocenters. The minimum atomic E-state index is -4.87. The summed E-state index contributed by atoms with van der Waals surface area (Å²) in [5, 5.41) is 10.9. The van der Waals surface area contributed by atoms with Gasteiger partial charge in [0.05, 0.1) is 33.5 Å². The van der Waals surface area contributed by atoms with Crippen LogP contribution in [0.5, 0.6) is 0 Å². The monoisotopic (exact) mass is 583 g/mol. The van der Waals surface area contributed by atoms with Crippen molar-refractivity contribution in [3.05, 3.63) is 92.9 Å². The van der Waals surface area contributed by atoms with Crippen LogP contribution in [0.4, 0.5) is 13.2 Å². The van der Waals surface area contributed by atoms with Crippen LogP contribution in [-0.4, -0.2) is 37.2 Å². The quantitative estimate of drug-likeness (QED) is 0.0993. The van der Waals surface area contributed by atoms with E-state index in [2.05, 4.69) is 22.2 Å². The Balaban J connectivity index is 1.66. The maximum atomic E-state index is 14.5. The Kier molecular flexibility index (Phi) is 8.20. The smallest absolute Gasteiger partial charge is 0.392 e. The summed E-state index contributed by atoms with van der Waals surface area (Å²) in [4.78, 5) is 22.8. The number of hydrogen-bond donors (Lipinski definition) is 1. The molecule has 1 aliphatic rings. The van der Waals surface area contributed by atoms with Crippen LogP contribution >= 0.6 is 34.8 Å². The van der Waals surface area contributed by atoms with Gasteiger partial charge in [0.1, 0.15) is 6.61 Å². The zero-order valence-electron chi connectivity index (χ0n) is 19.5. The van der Waals surface area contributed by atoms with E-state index < -0.39 is 24.1 Å². The lowest BCUT2D eigenvalue weighted by Gasteiger charge is -2.30. The van der Waals surface area contributed by atoms with Crippen LogP contribution in [0, 0.1) is 0 Å².